The number of aliphatic hydroxyl groups is 2. The van der Waals surface area contributed by atoms with Gasteiger partial charge in [-0.05, 0) is 24.1 Å². The maximum Gasteiger partial charge on any atom is 0.137 e. The smallest absolute Gasteiger partial charge is 0.137 e. The molecule has 90 valence electrons. The van der Waals surface area contributed by atoms with Crippen LogP contribution in [0.3, 0.4) is 0 Å². The molecule has 2 N–H and O–H groups in total. The molecule has 2 aromatic rings. The Morgan fingerprint density at radius 1 is 1.06 bits per heavy atom. The van der Waals surface area contributed by atoms with Crippen LogP contribution in [0.15, 0.2) is 46.9 Å². The van der Waals surface area contributed by atoms with Gasteiger partial charge in [0.25, 0.3) is 0 Å². The number of benzene rings is 1. The fourth-order valence-electron chi connectivity index (χ4n) is 1.73. The highest BCUT2D eigenvalue weighted by atomic mass is 16.4. The minimum absolute atomic E-state index is 0.150. The molecule has 0 radical (unpaired) electrons. The van der Waals surface area contributed by atoms with E-state index in [1.165, 1.54) is 0 Å². The van der Waals surface area contributed by atoms with Crippen LogP contribution in [0.5, 0.6) is 0 Å². The average Bonchev–Trinajstić information content (AvgIpc) is 2.85. The first-order valence-electron chi connectivity index (χ1n) is 5.73. The molecule has 1 aromatic heterocycles. The van der Waals surface area contributed by atoms with Gasteiger partial charge in [-0.2, -0.15) is 0 Å². The van der Waals surface area contributed by atoms with Crippen LogP contribution >= 0.6 is 0 Å². The van der Waals surface area contributed by atoms with E-state index in [1.807, 2.05) is 36.4 Å². The van der Waals surface area contributed by atoms with Crippen molar-refractivity contribution in [2.45, 2.75) is 18.9 Å². The van der Waals surface area contributed by atoms with Gasteiger partial charge in [-0.25, -0.2) is 0 Å². The monoisotopic (exact) mass is 232 g/mol. The Labute approximate surface area is 100 Å². The predicted octanol–water partition coefficient (Wildman–Crippen LogP) is 2.29. The van der Waals surface area contributed by atoms with E-state index in [1.54, 1.807) is 6.07 Å². The van der Waals surface area contributed by atoms with Crippen molar-refractivity contribution in [1.29, 1.82) is 0 Å². The maximum absolute atomic E-state index is 10.1. The third kappa shape index (κ3) is 2.96. The van der Waals surface area contributed by atoms with Gasteiger partial charge < -0.3 is 14.6 Å². The summed E-state index contributed by atoms with van der Waals surface area (Å²) in [5, 5.41) is 18.8. The molecule has 3 nitrogen and oxygen atoms in total. The van der Waals surface area contributed by atoms with E-state index in [4.69, 9.17) is 9.52 Å². The molecule has 0 fully saturated rings. The fraction of sp³-hybridized carbons (Fsp3) is 0.286. The van der Waals surface area contributed by atoms with Gasteiger partial charge in [-0.3, -0.25) is 0 Å². The molecular weight excluding hydrogens is 216 g/mol. The standard InChI is InChI=1S/C14H16O3/c15-10-4-7-12-8-9-13(17-12)14(16)11-5-2-1-3-6-11/h1-3,5-6,8-9,14-16H,4,7,10H2. The van der Waals surface area contributed by atoms with Crippen LogP contribution in [0.4, 0.5) is 0 Å². The quantitative estimate of drug-likeness (QED) is 0.831. The van der Waals surface area contributed by atoms with Gasteiger partial charge in [0.2, 0.25) is 0 Å². The van der Waals surface area contributed by atoms with E-state index < -0.39 is 6.10 Å². The van der Waals surface area contributed by atoms with E-state index in [-0.39, 0.29) is 6.61 Å². The highest BCUT2D eigenvalue weighted by Gasteiger charge is 2.14. The Bertz CT molecular complexity index is 448. The first-order valence-corrected chi connectivity index (χ1v) is 5.73. The molecule has 3 heteroatoms. The molecule has 0 bridgehead atoms. The SMILES string of the molecule is OCCCc1ccc(C(O)c2ccccc2)o1. The van der Waals surface area contributed by atoms with Crippen molar-refractivity contribution < 1.29 is 14.6 Å². The second kappa shape index (κ2) is 5.66. The summed E-state index contributed by atoms with van der Waals surface area (Å²) in [6.45, 7) is 0.150. The lowest BCUT2D eigenvalue weighted by Crippen LogP contribution is -1.97. The largest absolute Gasteiger partial charge is 0.463 e. The van der Waals surface area contributed by atoms with Crippen LogP contribution in [0.1, 0.15) is 29.6 Å². The van der Waals surface area contributed by atoms with Gasteiger partial charge in [0.05, 0.1) is 0 Å². The van der Waals surface area contributed by atoms with Crippen LogP contribution < -0.4 is 0 Å². The van der Waals surface area contributed by atoms with Crippen molar-refractivity contribution in [2.75, 3.05) is 6.61 Å². The van der Waals surface area contributed by atoms with E-state index in [9.17, 15) is 5.11 Å². The lowest BCUT2D eigenvalue weighted by Gasteiger charge is -2.07. The topological polar surface area (TPSA) is 53.6 Å². The molecule has 17 heavy (non-hydrogen) atoms. The highest BCUT2D eigenvalue weighted by molar-refractivity contribution is 5.25. The molecule has 2 rings (SSSR count). The molecule has 1 aromatic carbocycles. The van der Waals surface area contributed by atoms with Crippen molar-refractivity contribution in [3.05, 3.63) is 59.5 Å². The molecule has 0 saturated heterocycles. The van der Waals surface area contributed by atoms with Crippen molar-refractivity contribution >= 4 is 0 Å². The Morgan fingerprint density at radius 2 is 1.82 bits per heavy atom. The summed E-state index contributed by atoms with van der Waals surface area (Å²) >= 11 is 0. The zero-order chi connectivity index (χ0) is 12.1. The Kier molecular flexibility index (Phi) is 3.96. The first-order chi connectivity index (χ1) is 8.31. The molecule has 1 unspecified atom stereocenters. The maximum atomic E-state index is 10.1. The van der Waals surface area contributed by atoms with Crippen molar-refractivity contribution in [3.63, 3.8) is 0 Å². The van der Waals surface area contributed by atoms with Crippen LogP contribution in [0.2, 0.25) is 0 Å². The van der Waals surface area contributed by atoms with E-state index >= 15 is 0 Å². The van der Waals surface area contributed by atoms with Crippen molar-refractivity contribution in [2.24, 2.45) is 0 Å². The number of rotatable bonds is 5. The van der Waals surface area contributed by atoms with Gasteiger partial charge in [0.15, 0.2) is 0 Å². The van der Waals surface area contributed by atoms with Gasteiger partial charge >= 0.3 is 0 Å². The van der Waals surface area contributed by atoms with Gasteiger partial charge in [-0.1, -0.05) is 30.3 Å². The number of aliphatic hydroxyl groups excluding tert-OH is 2. The number of aryl methyl sites for hydroxylation is 1. The summed E-state index contributed by atoms with van der Waals surface area (Å²) in [4.78, 5) is 0. The molecular formula is C14H16O3. The van der Waals surface area contributed by atoms with Crippen molar-refractivity contribution in [1.82, 2.24) is 0 Å². The highest BCUT2D eigenvalue weighted by Crippen LogP contribution is 2.23. The summed E-state index contributed by atoms with van der Waals surface area (Å²) in [6, 6.07) is 13.0. The molecule has 0 aliphatic heterocycles. The summed E-state index contributed by atoms with van der Waals surface area (Å²) in [5.41, 5.74) is 0.815. The predicted molar refractivity (Wildman–Crippen MR) is 64.6 cm³/mol. The van der Waals surface area contributed by atoms with Gasteiger partial charge in [-0.15, -0.1) is 0 Å². The number of hydrogen-bond acceptors (Lipinski definition) is 3. The molecule has 1 atom stereocenters. The Balaban J connectivity index is 2.09. The number of furan rings is 1. The molecule has 0 aliphatic rings. The molecule has 1 heterocycles. The lowest BCUT2D eigenvalue weighted by molar-refractivity contribution is 0.186. The van der Waals surface area contributed by atoms with E-state index in [0.29, 0.717) is 18.6 Å². The summed E-state index contributed by atoms with van der Waals surface area (Å²) in [5.74, 6) is 1.34. The first kappa shape index (κ1) is 11.9. The molecule has 0 saturated carbocycles. The molecule has 0 spiro atoms. The number of hydrogen-bond donors (Lipinski definition) is 2. The lowest BCUT2D eigenvalue weighted by atomic mass is 10.1. The third-order valence-electron chi connectivity index (χ3n) is 2.65. The second-order valence-electron chi connectivity index (χ2n) is 3.94. The van der Waals surface area contributed by atoms with Crippen LogP contribution in [-0.4, -0.2) is 16.8 Å². The Hall–Kier alpha value is -1.58. The minimum Gasteiger partial charge on any atom is -0.463 e. The molecule has 0 aliphatic carbocycles. The third-order valence-corrected chi connectivity index (χ3v) is 2.65. The minimum atomic E-state index is -0.723. The normalized spacial score (nSPS) is 12.6. The zero-order valence-corrected chi connectivity index (χ0v) is 9.54. The van der Waals surface area contributed by atoms with Crippen LogP contribution in [0.25, 0.3) is 0 Å². The van der Waals surface area contributed by atoms with Crippen LogP contribution in [-0.2, 0) is 6.42 Å². The van der Waals surface area contributed by atoms with Gasteiger partial charge in [0, 0.05) is 13.0 Å². The average molecular weight is 232 g/mol. The van der Waals surface area contributed by atoms with E-state index in [0.717, 1.165) is 11.3 Å². The summed E-state index contributed by atoms with van der Waals surface area (Å²) in [6.07, 6.45) is 0.644. The zero-order valence-electron chi connectivity index (χ0n) is 9.54. The van der Waals surface area contributed by atoms with Crippen LogP contribution in [0, 0.1) is 0 Å². The summed E-state index contributed by atoms with van der Waals surface area (Å²) in [7, 11) is 0. The van der Waals surface area contributed by atoms with Crippen molar-refractivity contribution in [3.8, 4) is 0 Å². The van der Waals surface area contributed by atoms with E-state index in [2.05, 4.69) is 0 Å². The second-order valence-corrected chi connectivity index (χ2v) is 3.94. The Morgan fingerprint density at radius 3 is 2.53 bits per heavy atom. The fourth-order valence-corrected chi connectivity index (χ4v) is 1.73. The van der Waals surface area contributed by atoms with Gasteiger partial charge in [0.1, 0.15) is 17.6 Å². The summed E-state index contributed by atoms with van der Waals surface area (Å²) < 4.78 is 5.54. The molecule has 0 amide bonds.